The van der Waals surface area contributed by atoms with E-state index in [-0.39, 0.29) is 16.7 Å². The average Bonchev–Trinajstić information content (AvgIpc) is 2.68. The zero-order valence-corrected chi connectivity index (χ0v) is 20.6. The van der Waals surface area contributed by atoms with Crippen LogP contribution < -0.4 is 0 Å². The maximum atomic E-state index is 13.2. The zero-order chi connectivity index (χ0) is 24.3. The molecule has 33 heavy (non-hydrogen) atoms. The molecule has 0 radical (unpaired) electrons. The van der Waals surface area contributed by atoms with E-state index in [4.69, 9.17) is 0 Å². The molecule has 1 aromatic rings. The van der Waals surface area contributed by atoms with Gasteiger partial charge in [-0.15, -0.1) is 0 Å². The second kappa shape index (κ2) is 10.5. The standard InChI is InChI=1S/C26H37F3O3S/c1-25(2,33(31,32)23-14-9-13-21(18-23)26(27,28)29)22-16-19(17-22)10-8-15-24(30)20-11-6-4-3-5-7-12-20/h9,13-14,18-20,22H,3-8,10-12,15-17H2,1-2H3. The number of carbonyl (C=O) groups is 1. The van der Waals surface area contributed by atoms with Crippen LogP contribution in [0.3, 0.4) is 0 Å². The third-order valence-electron chi connectivity index (χ3n) is 7.98. The van der Waals surface area contributed by atoms with Gasteiger partial charge in [0.25, 0.3) is 0 Å². The van der Waals surface area contributed by atoms with Crippen LogP contribution in [0.15, 0.2) is 29.2 Å². The molecule has 0 bridgehead atoms. The van der Waals surface area contributed by atoms with Crippen LogP contribution in [-0.2, 0) is 20.8 Å². The summed E-state index contributed by atoms with van der Waals surface area (Å²) in [7, 11) is -3.91. The van der Waals surface area contributed by atoms with Crippen molar-refractivity contribution in [2.45, 2.75) is 107 Å². The Balaban J connectivity index is 1.50. The highest BCUT2D eigenvalue weighted by Gasteiger charge is 2.48. The van der Waals surface area contributed by atoms with E-state index in [1.807, 2.05) is 0 Å². The topological polar surface area (TPSA) is 51.2 Å². The van der Waals surface area contributed by atoms with Crippen LogP contribution in [0.4, 0.5) is 13.2 Å². The predicted molar refractivity (Wildman–Crippen MR) is 124 cm³/mol. The van der Waals surface area contributed by atoms with E-state index in [0.717, 1.165) is 69.6 Å². The molecule has 0 heterocycles. The van der Waals surface area contributed by atoms with Crippen LogP contribution in [0, 0.1) is 17.8 Å². The lowest BCUT2D eigenvalue weighted by Crippen LogP contribution is -2.46. The van der Waals surface area contributed by atoms with Crippen molar-refractivity contribution in [3.05, 3.63) is 29.8 Å². The van der Waals surface area contributed by atoms with Crippen molar-refractivity contribution in [1.29, 1.82) is 0 Å². The first-order valence-corrected chi connectivity index (χ1v) is 13.9. The normalized spacial score (nSPS) is 23.4. The largest absolute Gasteiger partial charge is 0.416 e. The third-order valence-corrected chi connectivity index (χ3v) is 10.6. The summed E-state index contributed by atoms with van der Waals surface area (Å²) in [5, 5.41) is 0. The minimum Gasteiger partial charge on any atom is -0.299 e. The van der Waals surface area contributed by atoms with Gasteiger partial charge in [-0.25, -0.2) is 8.42 Å². The number of ketones is 1. The van der Waals surface area contributed by atoms with Crippen LogP contribution in [0.5, 0.6) is 0 Å². The van der Waals surface area contributed by atoms with Crippen LogP contribution in [0.25, 0.3) is 0 Å². The number of carbonyl (C=O) groups excluding carboxylic acids is 1. The Hall–Kier alpha value is -1.37. The second-order valence-corrected chi connectivity index (χ2v) is 13.1. The van der Waals surface area contributed by atoms with E-state index in [1.54, 1.807) is 13.8 Å². The van der Waals surface area contributed by atoms with E-state index < -0.39 is 26.3 Å². The lowest BCUT2D eigenvalue weighted by Gasteiger charge is -2.45. The Morgan fingerprint density at radius 3 is 2.21 bits per heavy atom. The fraction of sp³-hybridized carbons (Fsp3) is 0.731. The van der Waals surface area contributed by atoms with E-state index >= 15 is 0 Å². The molecule has 0 spiro atoms. The average molecular weight is 487 g/mol. The molecule has 0 atom stereocenters. The molecule has 0 unspecified atom stereocenters. The maximum absolute atomic E-state index is 13.2. The molecule has 3 rings (SSSR count). The molecule has 0 aromatic heterocycles. The lowest BCUT2D eigenvalue weighted by molar-refractivity contribution is -0.137. The van der Waals surface area contributed by atoms with E-state index in [2.05, 4.69) is 0 Å². The third kappa shape index (κ3) is 6.20. The molecule has 2 aliphatic carbocycles. The first-order valence-electron chi connectivity index (χ1n) is 12.4. The number of halogens is 3. The minimum absolute atomic E-state index is 0.0941. The first-order chi connectivity index (χ1) is 15.4. The highest BCUT2D eigenvalue weighted by atomic mass is 32.2. The van der Waals surface area contributed by atoms with Crippen molar-refractivity contribution in [3.8, 4) is 0 Å². The first kappa shape index (κ1) is 26.2. The number of benzene rings is 1. The smallest absolute Gasteiger partial charge is 0.299 e. The molecule has 1 aromatic carbocycles. The summed E-state index contributed by atoms with van der Waals surface area (Å²) in [6, 6.07) is 4.05. The number of hydrogen-bond acceptors (Lipinski definition) is 3. The van der Waals surface area contributed by atoms with Crippen LogP contribution in [0.1, 0.15) is 96.5 Å². The fourth-order valence-corrected chi connectivity index (χ4v) is 7.23. The second-order valence-electron chi connectivity index (χ2n) is 10.6. The fourth-order valence-electron chi connectivity index (χ4n) is 5.45. The van der Waals surface area contributed by atoms with Crippen molar-refractivity contribution >= 4 is 15.6 Å². The Bertz CT molecular complexity index is 907. The molecular weight excluding hydrogens is 449 g/mol. The number of Topliss-reactive ketones (excluding diaryl/α,β-unsaturated/α-hetero) is 1. The van der Waals surface area contributed by atoms with Crippen LogP contribution in [-0.4, -0.2) is 18.9 Å². The van der Waals surface area contributed by atoms with Crippen molar-refractivity contribution in [1.82, 2.24) is 0 Å². The highest BCUT2D eigenvalue weighted by molar-refractivity contribution is 7.92. The van der Waals surface area contributed by atoms with Gasteiger partial charge in [0.05, 0.1) is 15.2 Å². The predicted octanol–water partition coefficient (Wildman–Crippen LogP) is 7.38. The van der Waals surface area contributed by atoms with E-state index in [0.29, 0.717) is 18.1 Å². The van der Waals surface area contributed by atoms with Gasteiger partial charge in [-0.1, -0.05) is 44.6 Å². The maximum Gasteiger partial charge on any atom is 0.416 e. The Kier molecular flexibility index (Phi) is 8.34. The van der Waals surface area contributed by atoms with Gasteiger partial charge >= 0.3 is 6.18 Å². The molecule has 0 N–H and O–H groups in total. The van der Waals surface area contributed by atoms with Crippen LogP contribution >= 0.6 is 0 Å². The molecule has 186 valence electrons. The molecule has 2 saturated carbocycles. The van der Waals surface area contributed by atoms with Crippen molar-refractivity contribution in [3.63, 3.8) is 0 Å². The van der Waals surface area contributed by atoms with Crippen molar-refractivity contribution in [2.24, 2.45) is 17.8 Å². The van der Waals surface area contributed by atoms with E-state index in [1.165, 1.54) is 25.3 Å². The summed E-state index contributed by atoms with van der Waals surface area (Å²) in [4.78, 5) is 12.3. The lowest BCUT2D eigenvalue weighted by atomic mass is 9.67. The molecule has 2 fully saturated rings. The molecule has 7 heteroatoms. The summed E-state index contributed by atoms with van der Waals surface area (Å²) in [5.74, 6) is 0.899. The van der Waals surface area contributed by atoms with Gasteiger partial charge in [-0.2, -0.15) is 13.2 Å². The molecule has 0 saturated heterocycles. The monoisotopic (exact) mass is 486 g/mol. The number of rotatable bonds is 8. The Morgan fingerprint density at radius 1 is 1.00 bits per heavy atom. The Morgan fingerprint density at radius 2 is 1.61 bits per heavy atom. The molecule has 0 amide bonds. The summed E-state index contributed by atoms with van der Waals surface area (Å²) in [6.45, 7) is 3.25. The molecule has 2 aliphatic rings. The van der Waals surface area contributed by atoms with Gasteiger partial charge in [0.15, 0.2) is 9.84 Å². The van der Waals surface area contributed by atoms with Crippen molar-refractivity contribution < 1.29 is 26.4 Å². The zero-order valence-electron chi connectivity index (χ0n) is 19.8. The van der Waals surface area contributed by atoms with Gasteiger partial charge in [-0.05, 0) is 76.0 Å². The number of hydrogen-bond donors (Lipinski definition) is 0. The molecular formula is C26H37F3O3S. The van der Waals surface area contributed by atoms with E-state index in [9.17, 15) is 26.4 Å². The molecule has 3 nitrogen and oxygen atoms in total. The van der Waals surface area contributed by atoms with Crippen LogP contribution in [0.2, 0.25) is 0 Å². The summed E-state index contributed by atoms with van der Waals surface area (Å²) in [5.41, 5.74) is -0.945. The SMILES string of the molecule is CC(C)(C1CC(CCCC(=O)C2CCCCCCC2)C1)S(=O)(=O)c1cccc(C(F)(F)F)c1. The van der Waals surface area contributed by atoms with Gasteiger partial charge in [0, 0.05) is 12.3 Å². The van der Waals surface area contributed by atoms with Gasteiger partial charge in [0.2, 0.25) is 0 Å². The summed E-state index contributed by atoms with van der Waals surface area (Å²) in [6.07, 6.45) is 7.34. The van der Waals surface area contributed by atoms with Gasteiger partial charge < -0.3 is 0 Å². The Labute approximate surface area is 196 Å². The highest BCUT2D eigenvalue weighted by Crippen LogP contribution is 2.48. The minimum atomic E-state index is -4.58. The summed E-state index contributed by atoms with van der Waals surface area (Å²) >= 11 is 0. The number of sulfone groups is 1. The van der Waals surface area contributed by atoms with Gasteiger partial charge in [0.1, 0.15) is 5.78 Å². The molecule has 0 aliphatic heterocycles. The van der Waals surface area contributed by atoms with Gasteiger partial charge in [-0.3, -0.25) is 4.79 Å². The summed E-state index contributed by atoms with van der Waals surface area (Å²) < 4.78 is 64.4. The quantitative estimate of drug-likeness (QED) is 0.385. The number of alkyl halides is 3. The van der Waals surface area contributed by atoms with Crippen molar-refractivity contribution in [2.75, 3.05) is 0 Å².